The molecule has 1 amide bonds. The maximum atomic E-state index is 12.8. The van der Waals surface area contributed by atoms with Crippen LogP contribution in [0.2, 0.25) is 0 Å². The van der Waals surface area contributed by atoms with E-state index >= 15 is 0 Å². The van der Waals surface area contributed by atoms with Crippen molar-refractivity contribution in [1.82, 2.24) is 9.47 Å². The number of hydrogen-bond acceptors (Lipinski definition) is 7. The number of aromatic nitrogens is 1. The molecular weight excluding hydrogens is 398 g/mol. The van der Waals surface area contributed by atoms with Crippen molar-refractivity contribution in [2.45, 2.75) is 31.2 Å². The number of thioether (sulfide) groups is 1. The Morgan fingerprint density at radius 2 is 1.86 bits per heavy atom. The van der Waals surface area contributed by atoms with E-state index in [0.717, 1.165) is 11.8 Å². The van der Waals surface area contributed by atoms with Crippen LogP contribution in [0.5, 0.6) is 0 Å². The number of nitro groups is 1. The number of likely N-dealkylation sites (tertiary alicyclic amines) is 1. The Morgan fingerprint density at radius 1 is 1.21 bits per heavy atom. The third-order valence-corrected chi connectivity index (χ3v) is 5.49. The second-order valence-electron chi connectivity index (χ2n) is 6.54. The number of ether oxygens (including phenoxy) is 1. The highest BCUT2D eigenvalue weighted by Crippen LogP contribution is 2.30. The topological polar surface area (TPSA) is 112 Å². The van der Waals surface area contributed by atoms with E-state index in [1.807, 2.05) is 0 Å². The maximum Gasteiger partial charge on any atom is 0.410 e. The van der Waals surface area contributed by atoms with Gasteiger partial charge < -0.3 is 4.74 Å². The maximum absolute atomic E-state index is 12.8. The van der Waals surface area contributed by atoms with Crippen LogP contribution in [-0.4, -0.2) is 49.3 Å². The van der Waals surface area contributed by atoms with Gasteiger partial charge in [-0.3, -0.25) is 29.2 Å². The minimum atomic E-state index is -0.733. The number of carbonyl (C=O) groups excluding carboxylic acids is 3. The van der Waals surface area contributed by atoms with Gasteiger partial charge in [-0.1, -0.05) is 11.8 Å². The summed E-state index contributed by atoms with van der Waals surface area (Å²) >= 11 is 1.11. The van der Waals surface area contributed by atoms with E-state index in [4.69, 9.17) is 4.74 Å². The number of non-ortho nitro benzene ring substituents is 1. The van der Waals surface area contributed by atoms with E-state index in [1.54, 1.807) is 24.5 Å². The summed E-state index contributed by atoms with van der Waals surface area (Å²) in [6.07, 6.45) is 2.90. The first-order chi connectivity index (χ1) is 13.8. The molecule has 0 bridgehead atoms. The summed E-state index contributed by atoms with van der Waals surface area (Å²) in [5.41, 5.74) is 0.534. The SMILES string of the molecule is CC(=O)SC1CC(C(=O)n2cccc2)N(C(=O)OCc2ccc([N+](=O)[O-])cc2)C1. The van der Waals surface area contributed by atoms with Crippen LogP contribution >= 0.6 is 11.8 Å². The summed E-state index contributed by atoms with van der Waals surface area (Å²) < 4.78 is 6.73. The van der Waals surface area contributed by atoms with E-state index in [0.29, 0.717) is 12.0 Å². The molecule has 1 fully saturated rings. The van der Waals surface area contributed by atoms with Gasteiger partial charge in [0.05, 0.1) is 4.92 Å². The fraction of sp³-hybridized carbons (Fsp3) is 0.316. The van der Waals surface area contributed by atoms with Crippen LogP contribution in [0.15, 0.2) is 48.8 Å². The zero-order valence-corrected chi connectivity index (χ0v) is 16.4. The van der Waals surface area contributed by atoms with Gasteiger partial charge in [0.25, 0.3) is 11.6 Å². The fourth-order valence-electron chi connectivity index (χ4n) is 3.15. The lowest BCUT2D eigenvalue weighted by molar-refractivity contribution is -0.384. The second-order valence-corrected chi connectivity index (χ2v) is 8.02. The highest BCUT2D eigenvalue weighted by Gasteiger charge is 2.41. The Morgan fingerprint density at radius 3 is 2.45 bits per heavy atom. The number of hydrogen-bond donors (Lipinski definition) is 0. The lowest BCUT2D eigenvalue weighted by atomic mass is 10.2. The van der Waals surface area contributed by atoms with Crippen molar-refractivity contribution >= 4 is 34.6 Å². The van der Waals surface area contributed by atoms with Crippen LogP contribution in [0.4, 0.5) is 10.5 Å². The smallest absolute Gasteiger partial charge is 0.410 e. The lowest BCUT2D eigenvalue weighted by Crippen LogP contribution is -2.42. The molecule has 2 atom stereocenters. The van der Waals surface area contributed by atoms with Crippen molar-refractivity contribution in [2.24, 2.45) is 0 Å². The highest BCUT2D eigenvalue weighted by atomic mass is 32.2. The van der Waals surface area contributed by atoms with E-state index in [2.05, 4.69) is 0 Å². The molecule has 29 heavy (non-hydrogen) atoms. The van der Waals surface area contributed by atoms with E-state index in [9.17, 15) is 24.5 Å². The van der Waals surface area contributed by atoms with E-state index in [-0.39, 0.29) is 35.1 Å². The largest absolute Gasteiger partial charge is 0.445 e. The number of amides is 1. The molecule has 10 heteroatoms. The average molecular weight is 417 g/mol. The Bertz CT molecular complexity index is 913. The molecule has 1 aliphatic heterocycles. The molecule has 2 aromatic rings. The molecule has 2 heterocycles. The van der Waals surface area contributed by atoms with Gasteiger partial charge in [-0.05, 0) is 36.2 Å². The summed E-state index contributed by atoms with van der Waals surface area (Å²) in [5, 5.41) is 10.4. The van der Waals surface area contributed by atoms with Crippen molar-refractivity contribution in [3.63, 3.8) is 0 Å². The molecule has 0 radical (unpaired) electrons. The Hall–Kier alpha value is -3.14. The average Bonchev–Trinajstić information content (AvgIpc) is 3.35. The molecular formula is C19H19N3O6S. The summed E-state index contributed by atoms with van der Waals surface area (Å²) in [5.74, 6) is -0.270. The van der Waals surface area contributed by atoms with Crippen LogP contribution in [0, 0.1) is 10.1 Å². The van der Waals surface area contributed by atoms with Gasteiger partial charge in [0.1, 0.15) is 12.6 Å². The van der Waals surface area contributed by atoms with Gasteiger partial charge >= 0.3 is 6.09 Å². The van der Waals surface area contributed by atoms with Crippen molar-refractivity contribution in [1.29, 1.82) is 0 Å². The standard InChI is InChI=1S/C19H19N3O6S/c1-13(23)29-16-10-17(18(24)20-8-2-3-9-20)21(11-16)19(25)28-12-14-4-6-15(7-5-14)22(26)27/h2-9,16-17H,10-12H2,1H3. The summed E-state index contributed by atoms with van der Waals surface area (Å²) in [7, 11) is 0. The van der Waals surface area contributed by atoms with Crippen molar-refractivity contribution in [3.05, 3.63) is 64.5 Å². The first-order valence-corrected chi connectivity index (χ1v) is 9.74. The molecule has 1 aromatic carbocycles. The molecule has 0 saturated carbocycles. The number of nitro benzene ring substituents is 1. The third kappa shape index (κ3) is 5.02. The van der Waals surface area contributed by atoms with Crippen molar-refractivity contribution < 1.29 is 24.0 Å². The van der Waals surface area contributed by atoms with Gasteiger partial charge in [-0.25, -0.2) is 4.79 Å². The molecule has 9 nitrogen and oxygen atoms in total. The van der Waals surface area contributed by atoms with Gasteiger partial charge in [0, 0.05) is 43.2 Å². The van der Waals surface area contributed by atoms with Crippen LogP contribution in [-0.2, 0) is 16.1 Å². The molecule has 0 N–H and O–H groups in total. The lowest BCUT2D eigenvalue weighted by Gasteiger charge is -2.23. The van der Waals surface area contributed by atoms with Gasteiger partial charge in [-0.15, -0.1) is 0 Å². The summed E-state index contributed by atoms with van der Waals surface area (Å²) in [6, 6.07) is 8.37. The normalized spacial score (nSPS) is 18.4. The molecule has 152 valence electrons. The molecule has 1 aliphatic rings. The number of rotatable bonds is 5. The van der Waals surface area contributed by atoms with Gasteiger partial charge in [0.15, 0.2) is 5.12 Å². The van der Waals surface area contributed by atoms with Crippen LogP contribution in [0.3, 0.4) is 0 Å². The van der Waals surface area contributed by atoms with Crippen LogP contribution < -0.4 is 0 Å². The Balaban J connectivity index is 1.68. The van der Waals surface area contributed by atoms with Gasteiger partial charge in [0.2, 0.25) is 0 Å². The minimum Gasteiger partial charge on any atom is -0.445 e. The van der Waals surface area contributed by atoms with E-state index in [1.165, 1.54) is 40.7 Å². The number of benzene rings is 1. The van der Waals surface area contributed by atoms with E-state index < -0.39 is 17.1 Å². The number of nitrogens with zero attached hydrogens (tertiary/aromatic N) is 3. The highest BCUT2D eigenvalue weighted by molar-refractivity contribution is 8.14. The zero-order valence-electron chi connectivity index (χ0n) is 15.6. The molecule has 2 unspecified atom stereocenters. The zero-order chi connectivity index (χ0) is 21.0. The molecule has 1 aromatic heterocycles. The van der Waals surface area contributed by atoms with Crippen molar-refractivity contribution in [2.75, 3.05) is 6.54 Å². The Kier molecular flexibility index (Phi) is 6.32. The molecule has 0 spiro atoms. The molecule has 0 aliphatic carbocycles. The summed E-state index contributed by atoms with van der Waals surface area (Å²) in [6.45, 7) is 1.59. The quantitative estimate of drug-likeness (QED) is 0.543. The van der Waals surface area contributed by atoms with Crippen LogP contribution in [0.1, 0.15) is 23.7 Å². The fourth-order valence-corrected chi connectivity index (χ4v) is 4.13. The second kappa shape index (κ2) is 8.91. The number of carbonyl (C=O) groups is 3. The molecule has 1 saturated heterocycles. The predicted molar refractivity (Wildman–Crippen MR) is 106 cm³/mol. The Labute approximate surface area is 170 Å². The first-order valence-electron chi connectivity index (χ1n) is 8.86. The third-order valence-electron chi connectivity index (χ3n) is 4.48. The summed E-state index contributed by atoms with van der Waals surface area (Å²) in [4.78, 5) is 48.4. The minimum absolute atomic E-state index is 0.0545. The molecule has 3 rings (SSSR count). The monoisotopic (exact) mass is 417 g/mol. The first kappa shape index (κ1) is 20.6. The van der Waals surface area contributed by atoms with Crippen LogP contribution in [0.25, 0.3) is 0 Å². The predicted octanol–water partition coefficient (Wildman–Crippen LogP) is 3.10. The van der Waals surface area contributed by atoms with Gasteiger partial charge in [-0.2, -0.15) is 0 Å². The van der Waals surface area contributed by atoms with Crippen molar-refractivity contribution in [3.8, 4) is 0 Å².